The first-order chi connectivity index (χ1) is 13.2. The van der Waals surface area contributed by atoms with E-state index in [1.165, 1.54) is 19.4 Å². The van der Waals surface area contributed by atoms with E-state index in [1.807, 2.05) is 6.92 Å². The molecule has 2 N–H and O–H groups in total. The largest absolute Gasteiger partial charge is 0.381 e. The van der Waals surface area contributed by atoms with Crippen LogP contribution in [0, 0.1) is 6.92 Å². The molecule has 2 unspecified atom stereocenters. The number of nitrogens with zero attached hydrogens (tertiary/aromatic N) is 1. The van der Waals surface area contributed by atoms with Gasteiger partial charge in [0.25, 0.3) is 5.91 Å². The molecule has 0 radical (unpaired) electrons. The van der Waals surface area contributed by atoms with Crippen LogP contribution in [-0.4, -0.2) is 29.7 Å². The maximum Gasteiger partial charge on any atom is 0.262 e. The molecule has 1 aliphatic carbocycles. The van der Waals surface area contributed by atoms with E-state index in [0.29, 0.717) is 15.6 Å². The maximum atomic E-state index is 15.9. The topological polar surface area (TPSA) is 71.5 Å². The Morgan fingerprint density at radius 2 is 2.14 bits per heavy atom. The number of nitrogens with one attached hydrogen (secondary N) is 1. The average Bonchev–Trinajstić information content (AvgIpc) is 2.64. The molecule has 0 saturated heterocycles. The van der Waals surface area contributed by atoms with Gasteiger partial charge >= 0.3 is 0 Å². The van der Waals surface area contributed by atoms with Crippen LogP contribution < -0.4 is 5.32 Å². The predicted octanol–water partition coefficient (Wildman–Crippen LogP) is 3.81. The molecule has 1 amide bonds. The summed E-state index contributed by atoms with van der Waals surface area (Å²) in [6, 6.07) is 6.32. The van der Waals surface area contributed by atoms with Crippen molar-refractivity contribution in [2.24, 2.45) is 0 Å². The monoisotopic (exact) mass is 426 g/mol. The van der Waals surface area contributed by atoms with Crippen LogP contribution in [0.3, 0.4) is 0 Å². The lowest BCUT2D eigenvalue weighted by atomic mass is 9.74. The Labute approximate surface area is 172 Å². The number of aromatic nitrogens is 1. The van der Waals surface area contributed by atoms with Crippen LogP contribution in [0.1, 0.15) is 35.2 Å². The fourth-order valence-corrected chi connectivity index (χ4v) is 4.27. The summed E-state index contributed by atoms with van der Waals surface area (Å²) in [5.41, 5.74) is -2.10. The number of amides is 1. The van der Waals surface area contributed by atoms with Crippen molar-refractivity contribution < 1.29 is 19.0 Å². The van der Waals surface area contributed by atoms with E-state index in [-0.39, 0.29) is 37.3 Å². The fourth-order valence-electron chi connectivity index (χ4n) is 3.61. The Bertz CT molecular complexity index is 888. The molecule has 150 valence electrons. The van der Waals surface area contributed by atoms with E-state index in [0.717, 1.165) is 5.56 Å². The third-order valence-corrected chi connectivity index (χ3v) is 5.67. The molecule has 2 atom stereocenters. The lowest BCUT2D eigenvalue weighted by Crippen LogP contribution is -2.49. The summed E-state index contributed by atoms with van der Waals surface area (Å²) in [4.78, 5) is 17.0. The molecule has 0 bridgehead atoms. The Morgan fingerprint density at radius 3 is 2.82 bits per heavy atom. The van der Waals surface area contributed by atoms with Crippen LogP contribution in [0.15, 0.2) is 30.5 Å². The molecule has 3 rings (SSSR count). The third kappa shape index (κ3) is 3.74. The number of aryl methyl sites for hydroxylation is 1. The molecule has 0 fully saturated rings. The number of alkyl halides is 1. The number of methoxy groups -OCH3 is 1. The SMILES string of the molecule is COCC1(O)CCC(F)(C(=O)NCc2c(C)cc(Cl)cc2Cl)c2cccnc21. The number of fused-ring (bicyclic) bond motifs is 1. The molecule has 1 heterocycles. The highest BCUT2D eigenvalue weighted by Crippen LogP contribution is 2.45. The number of aliphatic hydroxyl groups is 1. The van der Waals surface area contributed by atoms with E-state index in [1.54, 1.807) is 18.2 Å². The van der Waals surface area contributed by atoms with Crippen LogP contribution in [0.2, 0.25) is 10.0 Å². The number of hydrogen-bond donors (Lipinski definition) is 2. The summed E-state index contributed by atoms with van der Waals surface area (Å²) in [7, 11) is 1.45. The van der Waals surface area contributed by atoms with Gasteiger partial charge in [0.2, 0.25) is 5.67 Å². The minimum atomic E-state index is -2.31. The summed E-state index contributed by atoms with van der Waals surface area (Å²) in [5, 5.41) is 14.3. The Hall–Kier alpha value is -1.73. The zero-order chi connectivity index (χ0) is 20.5. The number of carbonyl (C=O) groups is 1. The number of rotatable bonds is 5. The molecular weight excluding hydrogens is 406 g/mol. The second-order valence-electron chi connectivity index (χ2n) is 7.03. The normalized spacial score (nSPS) is 23.9. The van der Waals surface area contributed by atoms with Gasteiger partial charge in [0, 0.05) is 35.5 Å². The minimum absolute atomic E-state index is 0.00943. The van der Waals surface area contributed by atoms with Gasteiger partial charge in [-0.1, -0.05) is 29.3 Å². The first kappa shape index (κ1) is 21.0. The average molecular weight is 427 g/mol. The highest BCUT2D eigenvalue weighted by molar-refractivity contribution is 6.35. The molecule has 0 saturated carbocycles. The quantitative estimate of drug-likeness (QED) is 0.762. The van der Waals surface area contributed by atoms with Crippen LogP contribution in [0.5, 0.6) is 0 Å². The molecular formula is C20H21Cl2FN2O3. The van der Waals surface area contributed by atoms with Gasteiger partial charge in [-0.25, -0.2) is 4.39 Å². The smallest absolute Gasteiger partial charge is 0.262 e. The van der Waals surface area contributed by atoms with Crippen LogP contribution in [0.4, 0.5) is 4.39 Å². The number of halogens is 3. The Morgan fingerprint density at radius 1 is 1.39 bits per heavy atom. The van der Waals surface area contributed by atoms with E-state index >= 15 is 4.39 Å². The van der Waals surface area contributed by atoms with Crippen molar-refractivity contribution >= 4 is 29.1 Å². The first-order valence-electron chi connectivity index (χ1n) is 8.80. The second kappa shape index (κ2) is 7.95. The van der Waals surface area contributed by atoms with Gasteiger partial charge in [-0.2, -0.15) is 0 Å². The van der Waals surface area contributed by atoms with Crippen LogP contribution in [-0.2, 0) is 27.3 Å². The van der Waals surface area contributed by atoms with Gasteiger partial charge in [0.1, 0.15) is 5.60 Å². The summed E-state index contributed by atoms with van der Waals surface area (Å²) in [5.74, 6) is -0.799. The van der Waals surface area contributed by atoms with Gasteiger partial charge < -0.3 is 15.2 Å². The molecule has 1 aromatic heterocycles. The number of ether oxygens (including phenoxy) is 1. The van der Waals surface area contributed by atoms with Crippen molar-refractivity contribution in [1.82, 2.24) is 10.3 Å². The summed E-state index contributed by atoms with van der Waals surface area (Å²) < 4.78 is 20.9. The summed E-state index contributed by atoms with van der Waals surface area (Å²) >= 11 is 12.2. The minimum Gasteiger partial charge on any atom is -0.381 e. The lowest BCUT2D eigenvalue weighted by Gasteiger charge is -2.39. The van der Waals surface area contributed by atoms with Gasteiger partial charge in [0.15, 0.2) is 0 Å². The van der Waals surface area contributed by atoms with E-state index < -0.39 is 17.2 Å². The standard InChI is InChI=1S/C20H21Cl2FN2O3/c1-12-8-13(21)9-16(22)14(12)10-25-18(26)20(23)6-5-19(27,11-28-2)17-15(20)4-3-7-24-17/h3-4,7-9,27H,5-6,10-11H2,1-2H3,(H,25,26). The van der Waals surface area contributed by atoms with Crippen molar-refractivity contribution in [2.45, 2.75) is 37.6 Å². The summed E-state index contributed by atoms with van der Waals surface area (Å²) in [6.07, 6.45) is 1.28. The van der Waals surface area contributed by atoms with Crippen molar-refractivity contribution in [3.8, 4) is 0 Å². The highest BCUT2D eigenvalue weighted by Gasteiger charge is 2.52. The number of benzene rings is 1. The molecule has 0 aliphatic heterocycles. The molecule has 2 aromatic rings. The van der Waals surface area contributed by atoms with E-state index in [9.17, 15) is 9.90 Å². The first-order valence-corrected chi connectivity index (χ1v) is 9.56. The van der Waals surface area contributed by atoms with Crippen LogP contribution in [0.25, 0.3) is 0 Å². The Balaban J connectivity index is 1.87. The van der Waals surface area contributed by atoms with E-state index in [4.69, 9.17) is 27.9 Å². The number of pyridine rings is 1. The predicted molar refractivity (Wildman–Crippen MR) is 105 cm³/mol. The lowest BCUT2D eigenvalue weighted by molar-refractivity contribution is -0.138. The third-order valence-electron chi connectivity index (χ3n) is 5.11. The van der Waals surface area contributed by atoms with E-state index in [2.05, 4.69) is 10.3 Å². The molecule has 1 aliphatic rings. The van der Waals surface area contributed by atoms with Crippen molar-refractivity contribution in [3.05, 3.63) is 62.9 Å². The van der Waals surface area contributed by atoms with Crippen molar-refractivity contribution in [3.63, 3.8) is 0 Å². The van der Waals surface area contributed by atoms with Gasteiger partial charge in [-0.3, -0.25) is 9.78 Å². The maximum absolute atomic E-state index is 15.9. The molecule has 8 heteroatoms. The van der Waals surface area contributed by atoms with Crippen molar-refractivity contribution in [2.75, 3.05) is 13.7 Å². The molecule has 5 nitrogen and oxygen atoms in total. The zero-order valence-electron chi connectivity index (χ0n) is 15.6. The van der Waals surface area contributed by atoms with Crippen molar-refractivity contribution in [1.29, 1.82) is 0 Å². The zero-order valence-corrected chi connectivity index (χ0v) is 17.1. The summed E-state index contributed by atoms with van der Waals surface area (Å²) in [6.45, 7) is 1.84. The molecule has 0 spiro atoms. The van der Waals surface area contributed by atoms with Gasteiger partial charge in [-0.05, 0) is 49.1 Å². The number of hydrogen-bond acceptors (Lipinski definition) is 4. The highest BCUT2D eigenvalue weighted by atomic mass is 35.5. The number of carbonyl (C=O) groups excluding carboxylic acids is 1. The fraction of sp³-hybridized carbons (Fsp3) is 0.400. The molecule has 28 heavy (non-hydrogen) atoms. The van der Waals surface area contributed by atoms with Crippen LogP contribution >= 0.6 is 23.2 Å². The van der Waals surface area contributed by atoms with Gasteiger partial charge in [0.05, 0.1) is 12.3 Å². The van der Waals surface area contributed by atoms with Gasteiger partial charge in [-0.15, -0.1) is 0 Å². The Kier molecular flexibility index (Phi) is 5.96. The molecule has 1 aromatic carbocycles. The second-order valence-corrected chi connectivity index (χ2v) is 7.87.